The van der Waals surface area contributed by atoms with Crippen molar-refractivity contribution in [3.05, 3.63) is 42.4 Å². The summed E-state index contributed by atoms with van der Waals surface area (Å²) >= 11 is 0. The second-order valence-electron chi connectivity index (χ2n) is 6.08. The lowest BCUT2D eigenvalue weighted by Gasteiger charge is -2.23. The molecule has 1 unspecified atom stereocenters. The summed E-state index contributed by atoms with van der Waals surface area (Å²) < 4.78 is 1.69. The van der Waals surface area contributed by atoms with Crippen molar-refractivity contribution in [2.75, 3.05) is 13.1 Å². The topological polar surface area (TPSA) is 82.9 Å². The Balaban J connectivity index is 1.43. The lowest BCUT2D eigenvalue weighted by atomic mass is 10.0. The van der Waals surface area contributed by atoms with Gasteiger partial charge in [0.05, 0.1) is 30.1 Å². The molecule has 7 nitrogen and oxygen atoms in total. The Hall–Kier alpha value is -2.25. The molecule has 1 atom stereocenters. The molecule has 114 valence electrons. The van der Waals surface area contributed by atoms with Crippen LogP contribution in [0.5, 0.6) is 0 Å². The number of nitrogens with one attached hydrogen (secondary N) is 1. The van der Waals surface area contributed by atoms with Gasteiger partial charge in [-0.3, -0.25) is 10.00 Å². The Morgan fingerprint density at radius 1 is 1.36 bits per heavy atom. The molecular formula is C15H18N6O. The van der Waals surface area contributed by atoms with Crippen LogP contribution in [0.2, 0.25) is 0 Å². The van der Waals surface area contributed by atoms with Crippen molar-refractivity contribution < 1.29 is 5.11 Å². The van der Waals surface area contributed by atoms with Crippen LogP contribution < -0.4 is 0 Å². The standard InChI is InChI=1S/C15H18N6O/c22-15(11-21-6-4-16-19-21)3-5-20(10-15)9-12-1-2-13-8-17-18-14(13)7-12/h1-2,4,6-8,22H,3,5,9-11H2,(H,17,18). The van der Waals surface area contributed by atoms with Crippen molar-refractivity contribution in [3.63, 3.8) is 0 Å². The van der Waals surface area contributed by atoms with Crippen LogP contribution in [0.3, 0.4) is 0 Å². The number of hydrogen-bond acceptors (Lipinski definition) is 5. The SMILES string of the molecule is OC1(Cn2ccnn2)CCN(Cc2ccc3cn[nH]c3c2)C1. The molecule has 0 bridgehead atoms. The van der Waals surface area contributed by atoms with Crippen LogP contribution >= 0.6 is 0 Å². The van der Waals surface area contributed by atoms with E-state index in [0.29, 0.717) is 13.1 Å². The lowest BCUT2D eigenvalue weighted by Crippen LogP contribution is -2.37. The van der Waals surface area contributed by atoms with Crippen LogP contribution in [-0.4, -0.2) is 53.9 Å². The first-order chi connectivity index (χ1) is 10.7. The number of H-pyrrole nitrogens is 1. The largest absolute Gasteiger partial charge is 0.387 e. The van der Waals surface area contributed by atoms with Gasteiger partial charge in [-0.25, -0.2) is 4.68 Å². The zero-order chi connectivity index (χ0) is 15.0. The third-order valence-corrected chi connectivity index (χ3v) is 4.25. The lowest BCUT2D eigenvalue weighted by molar-refractivity contribution is 0.0274. The molecule has 0 radical (unpaired) electrons. The Labute approximate surface area is 127 Å². The summed E-state index contributed by atoms with van der Waals surface area (Å²) in [5.74, 6) is 0. The molecule has 1 aromatic carbocycles. The van der Waals surface area contributed by atoms with Gasteiger partial charge in [0.2, 0.25) is 0 Å². The van der Waals surface area contributed by atoms with Crippen molar-refractivity contribution in [3.8, 4) is 0 Å². The van der Waals surface area contributed by atoms with Crippen molar-refractivity contribution in [2.24, 2.45) is 0 Å². The van der Waals surface area contributed by atoms with Gasteiger partial charge >= 0.3 is 0 Å². The number of aliphatic hydroxyl groups is 1. The molecule has 3 aromatic rings. The van der Waals surface area contributed by atoms with Gasteiger partial charge in [-0.15, -0.1) is 5.10 Å². The number of β-amino-alcohol motifs (C(OH)–C–C–N with tert-alkyl or cyclic N) is 1. The Morgan fingerprint density at radius 2 is 2.32 bits per heavy atom. The van der Waals surface area contributed by atoms with Gasteiger partial charge < -0.3 is 5.11 Å². The molecule has 1 saturated heterocycles. The first kappa shape index (κ1) is 13.4. The summed E-state index contributed by atoms with van der Waals surface area (Å²) in [7, 11) is 0. The molecule has 7 heteroatoms. The van der Waals surface area contributed by atoms with Crippen LogP contribution in [0.15, 0.2) is 36.8 Å². The van der Waals surface area contributed by atoms with Crippen LogP contribution in [0.1, 0.15) is 12.0 Å². The van der Waals surface area contributed by atoms with Crippen molar-refractivity contribution in [1.82, 2.24) is 30.1 Å². The van der Waals surface area contributed by atoms with Gasteiger partial charge in [0, 0.05) is 31.2 Å². The normalized spacial score (nSPS) is 22.6. The van der Waals surface area contributed by atoms with Crippen molar-refractivity contribution >= 4 is 10.9 Å². The maximum absolute atomic E-state index is 10.7. The van der Waals surface area contributed by atoms with Gasteiger partial charge in [-0.2, -0.15) is 5.10 Å². The molecule has 4 rings (SSSR count). The molecule has 0 spiro atoms. The second-order valence-corrected chi connectivity index (χ2v) is 6.08. The zero-order valence-corrected chi connectivity index (χ0v) is 12.2. The number of nitrogens with zero attached hydrogens (tertiary/aromatic N) is 5. The summed E-state index contributed by atoms with van der Waals surface area (Å²) in [6, 6.07) is 6.32. The van der Waals surface area contributed by atoms with E-state index in [1.54, 1.807) is 17.1 Å². The quantitative estimate of drug-likeness (QED) is 0.744. The van der Waals surface area contributed by atoms with Gasteiger partial charge in [0.1, 0.15) is 0 Å². The molecule has 1 aliphatic rings. The highest BCUT2D eigenvalue weighted by molar-refractivity contribution is 5.78. The van der Waals surface area contributed by atoms with E-state index >= 15 is 0 Å². The number of rotatable bonds is 4. The highest BCUT2D eigenvalue weighted by atomic mass is 16.3. The predicted octanol–water partition coefficient (Wildman–Crippen LogP) is 0.791. The smallest absolute Gasteiger partial charge is 0.0981 e. The highest BCUT2D eigenvalue weighted by Crippen LogP contribution is 2.25. The van der Waals surface area contributed by atoms with E-state index in [4.69, 9.17) is 0 Å². The Morgan fingerprint density at radius 3 is 3.18 bits per heavy atom. The number of aromatic nitrogens is 5. The molecule has 0 saturated carbocycles. The minimum atomic E-state index is -0.730. The van der Waals surface area contributed by atoms with E-state index in [9.17, 15) is 5.11 Å². The van der Waals surface area contributed by atoms with E-state index in [1.807, 2.05) is 6.20 Å². The van der Waals surface area contributed by atoms with E-state index in [0.717, 1.165) is 30.4 Å². The van der Waals surface area contributed by atoms with Crippen LogP contribution in [-0.2, 0) is 13.1 Å². The average Bonchev–Trinajstić information content (AvgIpc) is 3.21. The van der Waals surface area contributed by atoms with Crippen molar-refractivity contribution in [2.45, 2.75) is 25.1 Å². The fourth-order valence-electron chi connectivity index (χ4n) is 3.16. The van der Waals surface area contributed by atoms with E-state index < -0.39 is 5.60 Å². The molecule has 2 aromatic heterocycles. The maximum atomic E-state index is 10.7. The van der Waals surface area contributed by atoms with E-state index in [2.05, 4.69) is 43.6 Å². The van der Waals surface area contributed by atoms with Gasteiger partial charge in [-0.05, 0) is 18.1 Å². The maximum Gasteiger partial charge on any atom is 0.0981 e. The predicted molar refractivity (Wildman–Crippen MR) is 81.0 cm³/mol. The molecule has 1 aliphatic heterocycles. The van der Waals surface area contributed by atoms with E-state index in [1.165, 1.54) is 5.56 Å². The number of likely N-dealkylation sites (tertiary alicyclic amines) is 1. The minimum Gasteiger partial charge on any atom is -0.387 e. The molecule has 0 aliphatic carbocycles. The Bertz CT molecular complexity index is 767. The summed E-state index contributed by atoms with van der Waals surface area (Å²) in [5.41, 5.74) is 1.54. The Kier molecular flexibility index (Phi) is 3.16. The van der Waals surface area contributed by atoms with Crippen LogP contribution in [0, 0.1) is 0 Å². The molecule has 0 amide bonds. The molecule has 3 heterocycles. The first-order valence-electron chi connectivity index (χ1n) is 7.41. The molecule has 1 fully saturated rings. The fraction of sp³-hybridized carbons (Fsp3) is 0.400. The van der Waals surface area contributed by atoms with Gasteiger partial charge in [-0.1, -0.05) is 17.3 Å². The average molecular weight is 298 g/mol. The van der Waals surface area contributed by atoms with Crippen LogP contribution in [0.25, 0.3) is 10.9 Å². The number of hydrogen-bond donors (Lipinski definition) is 2. The summed E-state index contributed by atoms with van der Waals surface area (Å²) in [6.45, 7) is 2.85. The number of fused-ring (bicyclic) bond motifs is 1. The highest BCUT2D eigenvalue weighted by Gasteiger charge is 2.36. The first-order valence-corrected chi connectivity index (χ1v) is 7.41. The summed E-state index contributed by atoms with van der Waals surface area (Å²) in [5, 5.41) is 26.6. The van der Waals surface area contributed by atoms with Gasteiger partial charge in [0.15, 0.2) is 0 Å². The number of aromatic amines is 1. The van der Waals surface area contributed by atoms with Crippen LogP contribution in [0.4, 0.5) is 0 Å². The van der Waals surface area contributed by atoms with Crippen molar-refractivity contribution in [1.29, 1.82) is 0 Å². The summed E-state index contributed by atoms with van der Waals surface area (Å²) in [6.07, 6.45) is 5.99. The van der Waals surface area contributed by atoms with E-state index in [-0.39, 0.29) is 0 Å². The second kappa shape index (κ2) is 5.19. The summed E-state index contributed by atoms with van der Waals surface area (Å²) in [4.78, 5) is 2.27. The molecular weight excluding hydrogens is 280 g/mol. The fourth-order valence-corrected chi connectivity index (χ4v) is 3.16. The third-order valence-electron chi connectivity index (χ3n) is 4.25. The van der Waals surface area contributed by atoms with Gasteiger partial charge in [0.25, 0.3) is 0 Å². The monoisotopic (exact) mass is 298 g/mol. The molecule has 22 heavy (non-hydrogen) atoms. The minimum absolute atomic E-state index is 0.489. The molecule has 2 N–H and O–H groups in total. The number of benzene rings is 1. The zero-order valence-electron chi connectivity index (χ0n) is 12.2. The third kappa shape index (κ3) is 2.60.